The summed E-state index contributed by atoms with van der Waals surface area (Å²) < 4.78 is 10.5. The highest BCUT2D eigenvalue weighted by Gasteiger charge is 2.30. The molecule has 3 aromatic rings. The highest BCUT2D eigenvalue weighted by Crippen LogP contribution is 2.35. The molecule has 1 unspecified atom stereocenters. The van der Waals surface area contributed by atoms with E-state index in [2.05, 4.69) is 50.4 Å². The van der Waals surface area contributed by atoms with E-state index < -0.39 is 6.04 Å². The molecule has 1 N–H and O–H groups in total. The van der Waals surface area contributed by atoms with Crippen molar-refractivity contribution in [2.75, 3.05) is 13.2 Å². The number of hydrogen-bond acceptors (Lipinski definition) is 7. The largest absolute Gasteiger partial charge is 0.463 e. The van der Waals surface area contributed by atoms with Crippen molar-refractivity contribution in [2.24, 2.45) is 4.99 Å². The molecule has 0 saturated carbocycles. The van der Waals surface area contributed by atoms with Gasteiger partial charge in [-0.3, -0.25) is 0 Å². The van der Waals surface area contributed by atoms with Gasteiger partial charge in [0.15, 0.2) is 5.17 Å². The molecule has 0 spiro atoms. The van der Waals surface area contributed by atoms with Gasteiger partial charge in [0.05, 0.1) is 24.4 Å². The number of benzene rings is 3. The summed E-state index contributed by atoms with van der Waals surface area (Å²) in [4.78, 5) is 30.2. The normalized spacial score (nSPS) is 15.2. The number of amidine groups is 1. The van der Waals surface area contributed by atoms with Gasteiger partial charge in [-0.25, -0.2) is 14.6 Å². The topological polar surface area (TPSA) is 77.0 Å². The third-order valence-corrected chi connectivity index (χ3v) is 7.80. The minimum atomic E-state index is -0.499. The second kappa shape index (κ2) is 13.2. The Morgan fingerprint density at radius 3 is 2.17 bits per heavy atom. The van der Waals surface area contributed by atoms with Crippen LogP contribution < -0.4 is 5.32 Å². The van der Waals surface area contributed by atoms with E-state index in [4.69, 9.17) is 14.5 Å². The van der Waals surface area contributed by atoms with Crippen molar-refractivity contribution in [3.05, 3.63) is 106 Å². The first-order chi connectivity index (χ1) is 19.6. The molecule has 0 bridgehead atoms. The summed E-state index contributed by atoms with van der Waals surface area (Å²) in [5.41, 5.74) is 7.10. The van der Waals surface area contributed by atoms with Crippen LogP contribution in [0.5, 0.6) is 0 Å². The molecule has 214 valence electrons. The van der Waals surface area contributed by atoms with Crippen molar-refractivity contribution in [1.29, 1.82) is 0 Å². The van der Waals surface area contributed by atoms with Gasteiger partial charge in [-0.15, -0.1) is 0 Å². The molecule has 1 aliphatic rings. The third kappa shape index (κ3) is 7.47. The minimum absolute atomic E-state index is 0.110. The lowest BCUT2D eigenvalue weighted by molar-refractivity contribution is -0.138. The number of rotatable bonds is 8. The van der Waals surface area contributed by atoms with Gasteiger partial charge in [0.1, 0.15) is 6.04 Å². The Morgan fingerprint density at radius 1 is 0.878 bits per heavy atom. The van der Waals surface area contributed by atoms with Gasteiger partial charge in [0, 0.05) is 11.4 Å². The van der Waals surface area contributed by atoms with Crippen LogP contribution in [0.4, 0.5) is 0 Å². The van der Waals surface area contributed by atoms with Crippen LogP contribution in [0, 0.1) is 0 Å². The summed E-state index contributed by atoms with van der Waals surface area (Å²) in [6.07, 6.45) is 0. The fourth-order valence-electron chi connectivity index (χ4n) is 4.59. The average Bonchev–Trinajstić information content (AvgIpc) is 2.96. The number of thioether (sulfide) groups is 1. The van der Waals surface area contributed by atoms with Gasteiger partial charge in [-0.05, 0) is 66.1 Å². The van der Waals surface area contributed by atoms with Crippen molar-refractivity contribution >= 4 is 28.9 Å². The summed E-state index contributed by atoms with van der Waals surface area (Å²) in [6.45, 7) is 12.7. The second-order valence-electron chi connectivity index (χ2n) is 10.9. The average molecular weight is 571 g/mol. The molecule has 4 rings (SSSR count). The lowest BCUT2D eigenvalue weighted by Gasteiger charge is -2.26. The first kappa shape index (κ1) is 30.1. The molecule has 7 heteroatoms. The molecular formula is C34H38N2O4S. The van der Waals surface area contributed by atoms with Crippen LogP contribution in [0.1, 0.15) is 74.6 Å². The van der Waals surface area contributed by atoms with Crippen LogP contribution in [0.2, 0.25) is 0 Å². The predicted octanol–water partition coefficient (Wildman–Crippen LogP) is 7.60. The van der Waals surface area contributed by atoms with Crippen molar-refractivity contribution in [1.82, 2.24) is 5.32 Å². The molecule has 0 aromatic heterocycles. The Kier molecular flexibility index (Phi) is 9.71. The quantitative estimate of drug-likeness (QED) is 0.281. The number of aliphatic imine (C=N–C) groups is 1. The van der Waals surface area contributed by atoms with E-state index in [9.17, 15) is 9.59 Å². The standard InChI is InChI=1S/C34H38N2O4S/c1-7-39-31(37)27-11-9-10-26(20-27)24-14-16-25(17-15-24)30-29(32(38)40-8-2)22(3)35-33(36-30)41-21-23-12-18-28(19-13-23)34(4,5)6/h9-20,30H,7-8,21H2,1-6H3,(H,35,36). The summed E-state index contributed by atoms with van der Waals surface area (Å²) >= 11 is 1.61. The number of nitrogens with zero attached hydrogens (tertiary/aromatic N) is 1. The van der Waals surface area contributed by atoms with Crippen molar-refractivity contribution in [3.8, 4) is 11.1 Å². The van der Waals surface area contributed by atoms with Crippen LogP contribution in [0.3, 0.4) is 0 Å². The molecule has 1 heterocycles. The molecule has 0 saturated heterocycles. The maximum atomic E-state index is 13.0. The maximum Gasteiger partial charge on any atom is 0.338 e. The maximum absolute atomic E-state index is 13.0. The summed E-state index contributed by atoms with van der Waals surface area (Å²) in [6, 6.07) is 23.5. The van der Waals surface area contributed by atoms with E-state index >= 15 is 0 Å². The van der Waals surface area contributed by atoms with Crippen LogP contribution in [0.25, 0.3) is 11.1 Å². The summed E-state index contributed by atoms with van der Waals surface area (Å²) in [7, 11) is 0. The number of hydrogen-bond donors (Lipinski definition) is 1. The fraction of sp³-hybridized carbons (Fsp3) is 0.324. The first-order valence-corrected chi connectivity index (χ1v) is 14.9. The Morgan fingerprint density at radius 2 is 1.54 bits per heavy atom. The minimum Gasteiger partial charge on any atom is -0.463 e. The van der Waals surface area contributed by atoms with E-state index in [1.807, 2.05) is 49.4 Å². The summed E-state index contributed by atoms with van der Waals surface area (Å²) in [5, 5.41) is 4.08. The number of nitrogens with one attached hydrogen (secondary N) is 1. The van der Waals surface area contributed by atoms with Gasteiger partial charge in [-0.2, -0.15) is 0 Å². The van der Waals surface area contributed by atoms with E-state index in [0.29, 0.717) is 17.7 Å². The SMILES string of the molecule is CCOC(=O)C1=C(C)NC(SCc2ccc(C(C)(C)C)cc2)=NC1c1ccc(-c2cccc(C(=O)OCC)c2)cc1. The fourth-order valence-corrected chi connectivity index (χ4v) is 5.49. The van der Waals surface area contributed by atoms with Crippen molar-refractivity contribution in [3.63, 3.8) is 0 Å². The zero-order chi connectivity index (χ0) is 29.6. The number of carbonyl (C=O) groups excluding carboxylic acids is 2. The van der Waals surface area contributed by atoms with E-state index in [1.165, 1.54) is 11.1 Å². The number of allylic oxidation sites excluding steroid dienone is 1. The third-order valence-electron chi connectivity index (χ3n) is 6.84. The van der Waals surface area contributed by atoms with E-state index in [-0.39, 0.29) is 24.0 Å². The van der Waals surface area contributed by atoms with Gasteiger partial charge in [-0.1, -0.05) is 93.2 Å². The highest BCUT2D eigenvalue weighted by atomic mass is 32.2. The Balaban J connectivity index is 1.58. The number of ether oxygens (including phenoxy) is 2. The second-order valence-corrected chi connectivity index (χ2v) is 11.8. The molecule has 6 nitrogen and oxygen atoms in total. The lowest BCUT2D eigenvalue weighted by atomic mass is 9.87. The Labute approximate surface area is 247 Å². The molecule has 1 aliphatic heterocycles. The van der Waals surface area contributed by atoms with Crippen molar-refractivity contribution < 1.29 is 19.1 Å². The van der Waals surface area contributed by atoms with E-state index in [0.717, 1.165) is 33.3 Å². The molecule has 0 aliphatic carbocycles. The zero-order valence-corrected chi connectivity index (χ0v) is 25.4. The van der Waals surface area contributed by atoms with Crippen molar-refractivity contribution in [2.45, 2.75) is 58.8 Å². The van der Waals surface area contributed by atoms with Gasteiger partial charge >= 0.3 is 11.9 Å². The number of esters is 2. The molecule has 0 fully saturated rings. The zero-order valence-electron chi connectivity index (χ0n) is 24.6. The predicted molar refractivity (Wildman–Crippen MR) is 167 cm³/mol. The molecule has 0 radical (unpaired) electrons. The van der Waals surface area contributed by atoms with Crippen LogP contribution in [-0.2, 0) is 25.4 Å². The van der Waals surface area contributed by atoms with Crippen LogP contribution in [0.15, 0.2) is 89.1 Å². The molecule has 0 amide bonds. The first-order valence-electron chi connectivity index (χ1n) is 13.9. The molecule has 3 aromatic carbocycles. The summed E-state index contributed by atoms with van der Waals surface area (Å²) in [5.74, 6) is 0.0324. The van der Waals surface area contributed by atoms with Gasteiger partial charge < -0.3 is 14.8 Å². The smallest absolute Gasteiger partial charge is 0.338 e. The highest BCUT2D eigenvalue weighted by molar-refractivity contribution is 8.13. The number of carbonyl (C=O) groups is 2. The molecular weight excluding hydrogens is 532 g/mol. The molecule has 41 heavy (non-hydrogen) atoms. The Bertz CT molecular complexity index is 1450. The van der Waals surface area contributed by atoms with Crippen LogP contribution in [-0.4, -0.2) is 30.3 Å². The van der Waals surface area contributed by atoms with Gasteiger partial charge in [0.2, 0.25) is 0 Å². The molecule has 1 atom stereocenters. The lowest BCUT2D eigenvalue weighted by Crippen LogP contribution is -2.30. The van der Waals surface area contributed by atoms with E-state index in [1.54, 1.807) is 31.7 Å². The monoisotopic (exact) mass is 570 g/mol. The van der Waals surface area contributed by atoms with Crippen LogP contribution >= 0.6 is 11.8 Å². The van der Waals surface area contributed by atoms with Gasteiger partial charge in [0.25, 0.3) is 0 Å². The Hall–Kier alpha value is -3.84.